The minimum Gasteiger partial charge on any atom is -0.478 e. The average Bonchev–Trinajstić information content (AvgIpc) is 2.52. The molecule has 0 saturated carbocycles. The van der Waals surface area contributed by atoms with E-state index in [1.54, 1.807) is 6.20 Å². The first-order chi connectivity index (χ1) is 11.5. The highest BCUT2D eigenvalue weighted by molar-refractivity contribution is 9.10. The van der Waals surface area contributed by atoms with Crippen LogP contribution in [0.4, 0.5) is 0 Å². The molecule has 0 bridgehead atoms. The van der Waals surface area contributed by atoms with Crippen molar-refractivity contribution in [3.63, 3.8) is 0 Å². The molecule has 0 aliphatic heterocycles. The van der Waals surface area contributed by atoms with Crippen LogP contribution in [0.1, 0.15) is 38.5 Å². The van der Waals surface area contributed by atoms with E-state index in [-0.39, 0.29) is 0 Å². The van der Waals surface area contributed by atoms with Gasteiger partial charge in [0.05, 0.1) is 6.61 Å². The fourth-order valence-corrected chi connectivity index (χ4v) is 3.58. The Bertz CT molecular complexity index is 541. The van der Waals surface area contributed by atoms with E-state index in [1.165, 1.54) is 12.8 Å². The summed E-state index contributed by atoms with van der Waals surface area (Å²) in [6.07, 6.45) is 8.53. The van der Waals surface area contributed by atoms with Gasteiger partial charge in [-0.1, -0.05) is 25.7 Å². The average molecular weight is 441 g/mol. The second kappa shape index (κ2) is 12.9. The van der Waals surface area contributed by atoms with E-state index in [1.807, 2.05) is 12.1 Å². The second-order valence-electron chi connectivity index (χ2n) is 5.28. The third-order valence-electron chi connectivity index (χ3n) is 3.21. The summed E-state index contributed by atoms with van der Waals surface area (Å²) in [6.45, 7) is 2.16. The first-order valence-corrected chi connectivity index (χ1v) is 11.8. The van der Waals surface area contributed by atoms with Crippen molar-refractivity contribution in [1.82, 2.24) is 10.3 Å². The summed E-state index contributed by atoms with van der Waals surface area (Å²) in [4.78, 5) is 4.16. The lowest BCUT2D eigenvalue weighted by atomic mass is 10.1. The fourth-order valence-electron chi connectivity index (χ4n) is 2.03. The van der Waals surface area contributed by atoms with E-state index in [9.17, 15) is 8.42 Å². The molecule has 0 unspecified atom stereocenters. The maximum absolute atomic E-state index is 10.5. The van der Waals surface area contributed by atoms with Crippen LogP contribution in [-0.4, -0.2) is 43.4 Å². The second-order valence-corrected chi connectivity index (χ2v) is 9.67. The van der Waals surface area contributed by atoms with Gasteiger partial charge in [0.2, 0.25) is 5.88 Å². The number of rotatable bonds is 14. The van der Waals surface area contributed by atoms with Gasteiger partial charge in [0.15, 0.2) is 0 Å². The largest absolute Gasteiger partial charge is 0.478 e. The van der Waals surface area contributed by atoms with Crippen LogP contribution in [-0.2, 0) is 9.15 Å². The molecule has 0 aliphatic carbocycles. The smallest absolute Gasteiger partial charge is 0.319 e. The summed E-state index contributed by atoms with van der Waals surface area (Å²) in [5.74, 6) is 1.03. The molecule has 6 nitrogen and oxygen atoms in total. The summed E-state index contributed by atoms with van der Waals surface area (Å²) >= 11 is 3.34. The maximum Gasteiger partial charge on any atom is 0.319 e. The Morgan fingerprint density at radius 1 is 1.12 bits per heavy atom. The number of nitrogens with one attached hydrogen (secondary N) is 1. The van der Waals surface area contributed by atoms with Gasteiger partial charge in [-0.3, -0.25) is 4.55 Å². The van der Waals surface area contributed by atoms with Crippen LogP contribution in [0.25, 0.3) is 0 Å². The van der Waals surface area contributed by atoms with Gasteiger partial charge in [-0.25, -0.2) is 4.98 Å². The van der Waals surface area contributed by atoms with Gasteiger partial charge in [-0.05, 0) is 52.2 Å². The van der Waals surface area contributed by atoms with Crippen LogP contribution < -0.4 is 10.1 Å². The Morgan fingerprint density at radius 2 is 1.83 bits per heavy atom. The summed E-state index contributed by atoms with van der Waals surface area (Å²) in [5, 5.41) is 3.16. The lowest BCUT2D eigenvalue weighted by Gasteiger charge is -2.06. The lowest BCUT2D eigenvalue weighted by molar-refractivity contribution is 0.293. The van der Waals surface area contributed by atoms with Gasteiger partial charge in [-0.2, -0.15) is 8.42 Å². The van der Waals surface area contributed by atoms with Crippen molar-refractivity contribution < 1.29 is 17.7 Å². The van der Waals surface area contributed by atoms with Crippen molar-refractivity contribution in [3.05, 3.63) is 22.8 Å². The summed E-state index contributed by atoms with van der Waals surface area (Å²) in [5.41, 5.74) is 0. The van der Waals surface area contributed by atoms with Crippen molar-refractivity contribution in [2.45, 2.75) is 38.5 Å². The quantitative estimate of drug-likeness (QED) is 0.259. The SMILES string of the molecule is O=S(=O)(O)SCCNCCCCCCCCOc1ccc(Br)cn1. The third-order valence-corrected chi connectivity index (χ3v) is 5.74. The molecule has 0 saturated heterocycles. The first-order valence-electron chi connectivity index (χ1n) is 8.04. The number of pyridine rings is 1. The highest BCUT2D eigenvalue weighted by Gasteiger charge is 2.03. The lowest BCUT2D eigenvalue weighted by Crippen LogP contribution is -2.18. The van der Waals surface area contributed by atoms with Crippen LogP contribution in [0.5, 0.6) is 5.88 Å². The Morgan fingerprint density at radius 3 is 2.50 bits per heavy atom. The molecule has 0 radical (unpaired) electrons. The molecule has 9 heteroatoms. The molecule has 0 aliphatic rings. The maximum atomic E-state index is 10.5. The molecule has 0 amide bonds. The molecular weight excluding hydrogens is 416 g/mol. The number of hydrogen-bond acceptors (Lipinski definition) is 6. The molecular formula is C15H25BrN2O4S2. The first kappa shape index (κ1) is 21.7. The molecule has 0 aromatic carbocycles. The molecule has 0 spiro atoms. The van der Waals surface area contributed by atoms with Crippen molar-refractivity contribution in [1.29, 1.82) is 0 Å². The van der Waals surface area contributed by atoms with Crippen molar-refractivity contribution in [2.24, 2.45) is 0 Å². The van der Waals surface area contributed by atoms with Gasteiger partial charge in [0.25, 0.3) is 0 Å². The van der Waals surface area contributed by atoms with Crippen molar-refractivity contribution in [2.75, 3.05) is 25.4 Å². The molecule has 1 aromatic heterocycles. The molecule has 138 valence electrons. The molecule has 2 N–H and O–H groups in total. The molecule has 1 aromatic rings. The number of ether oxygens (including phenoxy) is 1. The zero-order valence-corrected chi connectivity index (χ0v) is 16.8. The zero-order chi connectivity index (χ0) is 17.7. The van der Waals surface area contributed by atoms with Crippen molar-refractivity contribution >= 4 is 35.9 Å². The van der Waals surface area contributed by atoms with Crippen LogP contribution in [0.3, 0.4) is 0 Å². The minimum atomic E-state index is -3.90. The van der Waals surface area contributed by atoms with Crippen LogP contribution in [0.2, 0.25) is 0 Å². The van der Waals surface area contributed by atoms with Crippen molar-refractivity contribution in [3.8, 4) is 5.88 Å². The van der Waals surface area contributed by atoms with Crippen LogP contribution >= 0.6 is 26.7 Å². The van der Waals surface area contributed by atoms with Gasteiger partial charge in [-0.15, -0.1) is 0 Å². The van der Waals surface area contributed by atoms with E-state index in [2.05, 4.69) is 26.2 Å². The molecule has 24 heavy (non-hydrogen) atoms. The normalized spacial score (nSPS) is 11.6. The van der Waals surface area contributed by atoms with Gasteiger partial charge in [0, 0.05) is 29.0 Å². The van der Waals surface area contributed by atoms with Gasteiger partial charge in [0.1, 0.15) is 0 Å². The monoisotopic (exact) mass is 440 g/mol. The molecule has 0 fully saturated rings. The fraction of sp³-hybridized carbons (Fsp3) is 0.667. The van der Waals surface area contributed by atoms with E-state index < -0.39 is 9.15 Å². The molecule has 1 heterocycles. The number of aromatic nitrogens is 1. The van der Waals surface area contributed by atoms with Crippen LogP contribution in [0.15, 0.2) is 22.8 Å². The van der Waals surface area contributed by atoms with E-state index in [0.717, 1.165) is 36.7 Å². The highest BCUT2D eigenvalue weighted by Crippen LogP contribution is 2.13. The van der Waals surface area contributed by atoms with Gasteiger partial charge < -0.3 is 10.1 Å². The standard InChI is InChI=1S/C15H25BrN2O4S2/c16-14-7-8-15(18-13-14)22-11-6-4-2-1-3-5-9-17-10-12-23-24(19,20)21/h7-8,13,17H,1-6,9-12H2,(H,19,20,21). The summed E-state index contributed by atoms with van der Waals surface area (Å²) in [6, 6.07) is 3.77. The number of halogens is 1. The number of unbranched alkanes of at least 4 members (excludes halogenated alkanes) is 5. The summed E-state index contributed by atoms with van der Waals surface area (Å²) in [7, 11) is -3.34. The highest BCUT2D eigenvalue weighted by atomic mass is 79.9. The van der Waals surface area contributed by atoms with E-state index >= 15 is 0 Å². The van der Waals surface area contributed by atoms with E-state index in [4.69, 9.17) is 9.29 Å². The topological polar surface area (TPSA) is 88.5 Å². The van der Waals surface area contributed by atoms with Crippen LogP contribution in [0, 0.1) is 0 Å². The molecule has 0 atom stereocenters. The third kappa shape index (κ3) is 13.0. The predicted molar refractivity (Wildman–Crippen MR) is 102 cm³/mol. The van der Waals surface area contributed by atoms with Gasteiger partial charge >= 0.3 is 9.15 Å². The number of nitrogens with zero attached hydrogens (tertiary/aromatic N) is 1. The number of hydrogen-bond donors (Lipinski definition) is 2. The van der Waals surface area contributed by atoms with E-state index in [0.29, 0.717) is 35.6 Å². The minimum absolute atomic E-state index is 0.367. The predicted octanol–water partition coefficient (Wildman–Crippen LogP) is 3.69. The zero-order valence-electron chi connectivity index (χ0n) is 13.6. The Balaban J connectivity index is 1.81. The summed E-state index contributed by atoms with van der Waals surface area (Å²) < 4.78 is 36.0. The Hall–Kier alpha value is -0.350. The Labute approximate surface area is 156 Å². The Kier molecular flexibility index (Phi) is 11.7. The molecule has 1 rings (SSSR count).